The third-order valence-electron chi connectivity index (χ3n) is 4.95. The van der Waals surface area contributed by atoms with E-state index in [-0.39, 0.29) is 5.91 Å². The van der Waals surface area contributed by atoms with Crippen LogP contribution in [0, 0.1) is 6.92 Å². The van der Waals surface area contributed by atoms with E-state index < -0.39 is 0 Å². The number of benzene rings is 2. The molecule has 6 heteroatoms. The van der Waals surface area contributed by atoms with E-state index >= 15 is 0 Å². The molecule has 0 spiro atoms. The third kappa shape index (κ3) is 4.66. The van der Waals surface area contributed by atoms with Gasteiger partial charge in [-0.25, -0.2) is 0 Å². The number of aryl methyl sites for hydroxylation is 1. The highest BCUT2D eigenvalue weighted by molar-refractivity contribution is 8.18. The summed E-state index contributed by atoms with van der Waals surface area (Å²) >= 11 is 7.39. The molecule has 2 aliphatic rings. The van der Waals surface area contributed by atoms with E-state index in [4.69, 9.17) is 11.6 Å². The number of hydrogen-bond donors (Lipinski definition) is 0. The van der Waals surface area contributed by atoms with Gasteiger partial charge >= 0.3 is 0 Å². The molecular formula is C22H22ClN3OS. The Morgan fingerprint density at radius 2 is 1.71 bits per heavy atom. The van der Waals surface area contributed by atoms with Crippen molar-refractivity contribution in [3.63, 3.8) is 0 Å². The SMILES string of the molecule is Cc1ccc(CN2CCN(C3=NC(=O)/C(=C\c4ccc(Cl)cc4)S3)CC2)cc1. The van der Waals surface area contributed by atoms with Gasteiger partial charge in [-0.3, -0.25) is 9.69 Å². The van der Waals surface area contributed by atoms with Gasteiger partial charge in [0.1, 0.15) is 0 Å². The molecule has 2 aliphatic heterocycles. The van der Waals surface area contributed by atoms with Crippen molar-refractivity contribution >= 4 is 40.5 Å². The van der Waals surface area contributed by atoms with Gasteiger partial charge in [-0.1, -0.05) is 53.6 Å². The van der Waals surface area contributed by atoms with Crippen LogP contribution in [0.25, 0.3) is 6.08 Å². The molecular weight excluding hydrogens is 390 g/mol. The van der Waals surface area contributed by atoms with Gasteiger partial charge in [0.2, 0.25) is 0 Å². The number of piperazine rings is 1. The minimum absolute atomic E-state index is 0.156. The molecule has 0 radical (unpaired) electrons. The molecule has 28 heavy (non-hydrogen) atoms. The van der Waals surface area contributed by atoms with Crippen molar-refractivity contribution in [3.05, 3.63) is 75.1 Å². The second-order valence-electron chi connectivity index (χ2n) is 7.11. The van der Waals surface area contributed by atoms with Crippen molar-refractivity contribution in [2.24, 2.45) is 4.99 Å². The topological polar surface area (TPSA) is 35.9 Å². The van der Waals surface area contributed by atoms with Crippen LogP contribution in [0.15, 0.2) is 58.4 Å². The first-order chi connectivity index (χ1) is 13.6. The predicted octanol–water partition coefficient (Wildman–Crippen LogP) is 4.44. The number of hydrogen-bond acceptors (Lipinski definition) is 4. The molecule has 0 atom stereocenters. The summed E-state index contributed by atoms with van der Waals surface area (Å²) in [5.74, 6) is -0.156. The van der Waals surface area contributed by atoms with Gasteiger partial charge in [0.05, 0.1) is 4.91 Å². The van der Waals surface area contributed by atoms with Crippen molar-refractivity contribution in [1.29, 1.82) is 0 Å². The zero-order valence-electron chi connectivity index (χ0n) is 15.8. The van der Waals surface area contributed by atoms with Crippen molar-refractivity contribution in [3.8, 4) is 0 Å². The first kappa shape index (κ1) is 19.2. The molecule has 2 aromatic carbocycles. The second-order valence-corrected chi connectivity index (χ2v) is 8.56. The van der Waals surface area contributed by atoms with Gasteiger partial charge in [0.15, 0.2) is 5.17 Å². The fourth-order valence-electron chi connectivity index (χ4n) is 3.29. The summed E-state index contributed by atoms with van der Waals surface area (Å²) < 4.78 is 0. The van der Waals surface area contributed by atoms with Crippen LogP contribution in [0.4, 0.5) is 0 Å². The number of amides is 1. The summed E-state index contributed by atoms with van der Waals surface area (Å²) in [6.45, 7) is 6.79. The van der Waals surface area contributed by atoms with E-state index in [9.17, 15) is 4.79 Å². The predicted molar refractivity (Wildman–Crippen MR) is 117 cm³/mol. The molecule has 0 aromatic heterocycles. The van der Waals surface area contributed by atoms with Gasteiger partial charge in [-0.15, -0.1) is 0 Å². The second kappa shape index (κ2) is 8.52. The Labute approximate surface area is 174 Å². The molecule has 1 fully saturated rings. The molecule has 0 N–H and O–H groups in total. The zero-order chi connectivity index (χ0) is 19.5. The summed E-state index contributed by atoms with van der Waals surface area (Å²) in [5, 5.41) is 1.51. The lowest BCUT2D eigenvalue weighted by atomic mass is 10.1. The Bertz CT molecular complexity index is 914. The highest BCUT2D eigenvalue weighted by Crippen LogP contribution is 2.31. The summed E-state index contributed by atoms with van der Waals surface area (Å²) in [4.78, 5) is 21.9. The van der Waals surface area contributed by atoms with Gasteiger partial charge in [0, 0.05) is 37.7 Å². The number of aliphatic imine (C=N–C) groups is 1. The number of carbonyl (C=O) groups is 1. The standard InChI is InChI=1S/C22H22ClN3OS/c1-16-2-4-18(5-3-16)15-25-10-12-26(13-11-25)22-24-21(27)20(28-22)14-17-6-8-19(23)9-7-17/h2-9,14H,10-13,15H2,1H3/b20-14+. The molecule has 2 aromatic rings. The molecule has 1 saturated heterocycles. The Kier molecular flexibility index (Phi) is 5.85. The minimum atomic E-state index is -0.156. The lowest BCUT2D eigenvalue weighted by Gasteiger charge is -2.35. The molecule has 1 amide bonds. The van der Waals surface area contributed by atoms with E-state index in [0.717, 1.165) is 43.5 Å². The summed E-state index contributed by atoms with van der Waals surface area (Å²) in [6.07, 6.45) is 1.88. The van der Waals surface area contributed by atoms with Crippen LogP contribution in [0.2, 0.25) is 5.02 Å². The lowest BCUT2D eigenvalue weighted by Crippen LogP contribution is -2.47. The van der Waals surface area contributed by atoms with Crippen LogP contribution in [-0.2, 0) is 11.3 Å². The number of nitrogens with zero attached hydrogens (tertiary/aromatic N) is 3. The maximum atomic E-state index is 12.3. The smallest absolute Gasteiger partial charge is 0.286 e. The van der Waals surface area contributed by atoms with Crippen LogP contribution in [0.1, 0.15) is 16.7 Å². The fraction of sp³-hybridized carbons (Fsp3) is 0.273. The minimum Gasteiger partial charge on any atom is -0.348 e. The molecule has 4 nitrogen and oxygen atoms in total. The van der Waals surface area contributed by atoms with Crippen molar-refractivity contribution in [2.75, 3.05) is 26.2 Å². The third-order valence-corrected chi connectivity index (χ3v) is 6.24. The van der Waals surface area contributed by atoms with Gasteiger partial charge in [-0.05, 0) is 48.0 Å². The maximum Gasteiger partial charge on any atom is 0.286 e. The monoisotopic (exact) mass is 411 g/mol. The van der Waals surface area contributed by atoms with E-state index in [2.05, 4.69) is 46.0 Å². The number of rotatable bonds is 3. The number of carbonyl (C=O) groups excluding carboxylic acids is 1. The first-order valence-electron chi connectivity index (χ1n) is 9.38. The van der Waals surface area contributed by atoms with Crippen molar-refractivity contribution in [1.82, 2.24) is 9.80 Å². The average Bonchev–Trinajstić information content (AvgIpc) is 3.06. The van der Waals surface area contributed by atoms with E-state index in [1.165, 1.54) is 22.9 Å². The Hall–Kier alpha value is -2.08. The number of amidine groups is 1. The summed E-state index contributed by atoms with van der Waals surface area (Å²) in [6, 6.07) is 16.2. The molecule has 0 aliphatic carbocycles. The average molecular weight is 412 g/mol. The largest absolute Gasteiger partial charge is 0.348 e. The van der Waals surface area contributed by atoms with E-state index in [1.54, 1.807) is 0 Å². The number of thioether (sulfide) groups is 1. The Morgan fingerprint density at radius 3 is 2.39 bits per heavy atom. The van der Waals surface area contributed by atoms with Gasteiger partial charge in [0.25, 0.3) is 5.91 Å². The Morgan fingerprint density at radius 1 is 1.04 bits per heavy atom. The van der Waals surface area contributed by atoms with E-state index in [1.807, 2.05) is 30.3 Å². The van der Waals surface area contributed by atoms with Crippen molar-refractivity contribution < 1.29 is 4.79 Å². The van der Waals surface area contributed by atoms with Crippen molar-refractivity contribution in [2.45, 2.75) is 13.5 Å². The zero-order valence-corrected chi connectivity index (χ0v) is 17.3. The highest BCUT2D eigenvalue weighted by Gasteiger charge is 2.28. The normalized spacial score (nSPS) is 19.4. The summed E-state index contributed by atoms with van der Waals surface area (Å²) in [7, 11) is 0. The number of halogens is 1. The molecule has 0 saturated carbocycles. The molecule has 2 heterocycles. The maximum absolute atomic E-state index is 12.3. The summed E-state index contributed by atoms with van der Waals surface area (Å²) in [5.41, 5.74) is 3.59. The highest BCUT2D eigenvalue weighted by atomic mass is 35.5. The molecule has 0 bridgehead atoms. The molecule has 4 rings (SSSR count). The quantitative estimate of drug-likeness (QED) is 0.699. The Balaban J connectivity index is 1.33. The van der Waals surface area contributed by atoms with Crippen LogP contribution in [-0.4, -0.2) is 47.1 Å². The van der Waals surface area contributed by atoms with Crippen LogP contribution in [0.5, 0.6) is 0 Å². The fourth-order valence-corrected chi connectivity index (χ4v) is 4.38. The van der Waals surface area contributed by atoms with Gasteiger partial charge in [-0.2, -0.15) is 4.99 Å². The first-order valence-corrected chi connectivity index (χ1v) is 10.6. The van der Waals surface area contributed by atoms with Gasteiger partial charge < -0.3 is 4.90 Å². The molecule has 0 unspecified atom stereocenters. The molecule has 144 valence electrons. The van der Waals surface area contributed by atoms with Crippen LogP contribution >= 0.6 is 23.4 Å². The van der Waals surface area contributed by atoms with Crippen LogP contribution < -0.4 is 0 Å². The van der Waals surface area contributed by atoms with Crippen LogP contribution in [0.3, 0.4) is 0 Å². The lowest BCUT2D eigenvalue weighted by molar-refractivity contribution is -0.113. The van der Waals surface area contributed by atoms with E-state index in [0.29, 0.717) is 9.93 Å².